The van der Waals surface area contributed by atoms with Gasteiger partial charge in [0, 0.05) is 26.5 Å². The van der Waals surface area contributed by atoms with E-state index in [4.69, 9.17) is 0 Å². The number of aromatic nitrogens is 2. The molecule has 2 N–H and O–H groups in total. The zero-order valence-corrected chi connectivity index (χ0v) is 16.4. The van der Waals surface area contributed by atoms with Crippen LogP contribution in [0.1, 0.15) is 5.56 Å². The van der Waals surface area contributed by atoms with Crippen molar-refractivity contribution >= 4 is 49.2 Å². The summed E-state index contributed by atoms with van der Waals surface area (Å²) in [5, 5.41) is 6.06. The Hall–Kier alpha value is -2.77. The number of amides is 1. The topological polar surface area (TPSA) is 74.8 Å². The van der Waals surface area contributed by atoms with E-state index in [0.717, 1.165) is 26.6 Å². The predicted octanol–water partition coefficient (Wildman–Crippen LogP) is 4.60. The lowest BCUT2D eigenvalue weighted by atomic mass is 10.1. The Kier molecular flexibility index (Phi) is 4.87. The molecule has 0 aliphatic heterocycles. The number of anilines is 1. The molecule has 0 saturated heterocycles. The molecule has 0 unspecified atom stereocenters. The molecule has 7 heteroatoms. The van der Waals surface area contributed by atoms with E-state index < -0.39 is 0 Å². The van der Waals surface area contributed by atoms with Crippen LogP contribution in [0.2, 0.25) is 0 Å². The SMILES string of the molecule is O=C(Cc1cc2ccccc2[nH]c1=O)Nc1nc(-c2cccc(Br)c2)cs1. The largest absolute Gasteiger partial charge is 0.322 e. The lowest BCUT2D eigenvalue weighted by molar-refractivity contribution is -0.115. The molecule has 2 aromatic carbocycles. The summed E-state index contributed by atoms with van der Waals surface area (Å²) in [6, 6.07) is 17.0. The molecule has 1 amide bonds. The van der Waals surface area contributed by atoms with Crippen molar-refractivity contribution in [1.82, 2.24) is 9.97 Å². The van der Waals surface area contributed by atoms with Crippen molar-refractivity contribution < 1.29 is 4.79 Å². The Balaban J connectivity index is 1.50. The van der Waals surface area contributed by atoms with E-state index >= 15 is 0 Å². The number of rotatable bonds is 4. The second-order valence-electron chi connectivity index (χ2n) is 5.98. The predicted molar refractivity (Wildman–Crippen MR) is 112 cm³/mol. The molecule has 0 bridgehead atoms. The van der Waals surface area contributed by atoms with Crippen molar-refractivity contribution in [3.63, 3.8) is 0 Å². The zero-order valence-electron chi connectivity index (χ0n) is 14.0. The molecule has 0 spiro atoms. The molecule has 2 heterocycles. The third-order valence-electron chi connectivity index (χ3n) is 4.05. The van der Waals surface area contributed by atoms with Crippen molar-refractivity contribution in [2.75, 3.05) is 5.32 Å². The first kappa shape index (κ1) is 17.6. The van der Waals surface area contributed by atoms with Crippen LogP contribution < -0.4 is 10.9 Å². The van der Waals surface area contributed by atoms with Crippen LogP contribution in [-0.2, 0) is 11.2 Å². The minimum atomic E-state index is -0.272. The van der Waals surface area contributed by atoms with Crippen LogP contribution in [0.3, 0.4) is 0 Å². The summed E-state index contributed by atoms with van der Waals surface area (Å²) < 4.78 is 0.967. The van der Waals surface area contributed by atoms with Gasteiger partial charge >= 0.3 is 0 Å². The Morgan fingerprint density at radius 3 is 2.85 bits per heavy atom. The average Bonchev–Trinajstić information content (AvgIpc) is 3.11. The average molecular weight is 440 g/mol. The summed E-state index contributed by atoms with van der Waals surface area (Å²) in [5.41, 5.74) is 2.69. The highest BCUT2D eigenvalue weighted by Crippen LogP contribution is 2.27. The minimum Gasteiger partial charge on any atom is -0.322 e. The Bertz CT molecular complexity index is 1200. The Morgan fingerprint density at radius 2 is 2.00 bits per heavy atom. The van der Waals surface area contributed by atoms with Gasteiger partial charge in [-0.15, -0.1) is 11.3 Å². The molecule has 0 aliphatic rings. The number of hydrogen-bond acceptors (Lipinski definition) is 4. The van der Waals surface area contributed by atoms with Crippen LogP contribution in [0.25, 0.3) is 22.2 Å². The van der Waals surface area contributed by atoms with Gasteiger partial charge in [-0.25, -0.2) is 4.98 Å². The molecule has 0 atom stereocenters. The van der Waals surface area contributed by atoms with Crippen LogP contribution in [0.4, 0.5) is 5.13 Å². The first-order valence-electron chi connectivity index (χ1n) is 8.21. The molecule has 27 heavy (non-hydrogen) atoms. The number of halogens is 1. The number of carbonyl (C=O) groups excluding carboxylic acids is 1. The van der Waals surface area contributed by atoms with E-state index in [1.54, 1.807) is 6.07 Å². The van der Waals surface area contributed by atoms with Gasteiger partial charge in [-0.05, 0) is 29.7 Å². The first-order valence-corrected chi connectivity index (χ1v) is 9.88. The van der Waals surface area contributed by atoms with Crippen molar-refractivity contribution in [1.29, 1.82) is 0 Å². The standard InChI is InChI=1S/C20H14BrN3O2S/c21-15-6-3-5-13(9-15)17-11-27-20(23-17)24-18(25)10-14-8-12-4-1-2-7-16(12)22-19(14)26/h1-9,11H,10H2,(H,22,26)(H,23,24,25). The van der Waals surface area contributed by atoms with Crippen LogP contribution in [0.5, 0.6) is 0 Å². The van der Waals surface area contributed by atoms with Gasteiger partial charge in [0.15, 0.2) is 5.13 Å². The van der Waals surface area contributed by atoms with Gasteiger partial charge in [0.25, 0.3) is 5.56 Å². The Morgan fingerprint density at radius 1 is 1.15 bits per heavy atom. The molecular formula is C20H14BrN3O2S. The van der Waals surface area contributed by atoms with Gasteiger partial charge in [-0.1, -0.05) is 46.3 Å². The number of para-hydroxylation sites is 1. The first-order chi connectivity index (χ1) is 13.1. The summed E-state index contributed by atoms with van der Waals surface area (Å²) in [6.07, 6.45) is -0.00797. The van der Waals surface area contributed by atoms with Crippen molar-refractivity contribution in [2.45, 2.75) is 6.42 Å². The van der Waals surface area contributed by atoms with Crippen LogP contribution >= 0.6 is 27.3 Å². The number of H-pyrrole nitrogens is 1. The normalized spacial score (nSPS) is 10.9. The molecule has 134 valence electrons. The molecule has 0 radical (unpaired) electrons. The summed E-state index contributed by atoms with van der Waals surface area (Å²) >= 11 is 4.79. The van der Waals surface area contributed by atoms with E-state index in [2.05, 4.69) is 31.2 Å². The lowest BCUT2D eigenvalue weighted by Gasteiger charge is -2.04. The highest BCUT2D eigenvalue weighted by atomic mass is 79.9. The fourth-order valence-electron chi connectivity index (χ4n) is 2.77. The van der Waals surface area contributed by atoms with Gasteiger partial charge in [-0.3, -0.25) is 9.59 Å². The molecule has 0 aliphatic carbocycles. The second-order valence-corrected chi connectivity index (χ2v) is 7.76. The number of carbonyl (C=O) groups is 1. The monoisotopic (exact) mass is 439 g/mol. The summed E-state index contributed by atoms with van der Waals surface area (Å²) in [6.45, 7) is 0. The highest BCUT2D eigenvalue weighted by Gasteiger charge is 2.12. The molecule has 4 rings (SSSR count). The smallest absolute Gasteiger partial charge is 0.252 e. The number of fused-ring (bicyclic) bond motifs is 1. The molecule has 5 nitrogen and oxygen atoms in total. The molecular weight excluding hydrogens is 426 g/mol. The maximum atomic E-state index is 12.4. The highest BCUT2D eigenvalue weighted by molar-refractivity contribution is 9.10. The number of nitrogens with zero attached hydrogens (tertiary/aromatic N) is 1. The third-order valence-corrected chi connectivity index (χ3v) is 5.30. The molecule has 4 aromatic rings. The molecule has 2 aromatic heterocycles. The number of pyridine rings is 1. The van der Waals surface area contributed by atoms with Gasteiger partial charge in [0.1, 0.15) is 0 Å². The van der Waals surface area contributed by atoms with E-state index in [0.29, 0.717) is 10.7 Å². The summed E-state index contributed by atoms with van der Waals surface area (Å²) in [5.74, 6) is -0.272. The van der Waals surface area contributed by atoms with Crippen LogP contribution in [0.15, 0.2) is 69.2 Å². The number of aromatic amines is 1. The third kappa shape index (κ3) is 3.99. The maximum Gasteiger partial charge on any atom is 0.252 e. The maximum absolute atomic E-state index is 12.4. The summed E-state index contributed by atoms with van der Waals surface area (Å²) in [7, 11) is 0. The van der Waals surface area contributed by atoms with E-state index in [1.165, 1.54) is 11.3 Å². The van der Waals surface area contributed by atoms with Crippen molar-refractivity contribution in [3.05, 3.63) is 80.4 Å². The number of thiazole rings is 1. The van der Waals surface area contributed by atoms with Gasteiger partial charge in [0.05, 0.1) is 12.1 Å². The minimum absolute atomic E-state index is 0.00797. The lowest BCUT2D eigenvalue weighted by Crippen LogP contribution is -2.20. The molecule has 0 fully saturated rings. The van der Waals surface area contributed by atoms with Crippen LogP contribution in [0, 0.1) is 0 Å². The van der Waals surface area contributed by atoms with Gasteiger partial charge < -0.3 is 10.3 Å². The zero-order chi connectivity index (χ0) is 18.8. The fraction of sp³-hybridized carbons (Fsp3) is 0.0500. The number of nitrogens with one attached hydrogen (secondary N) is 2. The Labute approximate surface area is 167 Å². The quantitative estimate of drug-likeness (QED) is 0.487. The van der Waals surface area contributed by atoms with E-state index in [-0.39, 0.29) is 17.9 Å². The fourth-order valence-corrected chi connectivity index (χ4v) is 3.91. The van der Waals surface area contributed by atoms with Crippen molar-refractivity contribution in [3.8, 4) is 11.3 Å². The van der Waals surface area contributed by atoms with E-state index in [9.17, 15) is 9.59 Å². The summed E-state index contributed by atoms with van der Waals surface area (Å²) in [4.78, 5) is 31.8. The van der Waals surface area contributed by atoms with E-state index in [1.807, 2.05) is 53.9 Å². The number of benzene rings is 2. The second kappa shape index (κ2) is 7.46. The van der Waals surface area contributed by atoms with Gasteiger partial charge in [-0.2, -0.15) is 0 Å². The number of hydrogen-bond donors (Lipinski definition) is 2. The van der Waals surface area contributed by atoms with Gasteiger partial charge in [0.2, 0.25) is 5.91 Å². The van der Waals surface area contributed by atoms with Crippen molar-refractivity contribution in [2.24, 2.45) is 0 Å². The van der Waals surface area contributed by atoms with Crippen LogP contribution in [-0.4, -0.2) is 15.9 Å². The molecule has 0 saturated carbocycles.